The van der Waals surface area contributed by atoms with Crippen LogP contribution in [0, 0.1) is 11.8 Å². The van der Waals surface area contributed by atoms with Gasteiger partial charge in [0.15, 0.2) is 0 Å². The van der Waals surface area contributed by atoms with Crippen LogP contribution >= 0.6 is 0 Å². The van der Waals surface area contributed by atoms with Crippen LogP contribution in [0.25, 0.3) is 0 Å². The number of nitrogens with two attached hydrogens (primary N) is 1. The average molecular weight is 245 g/mol. The topological polar surface area (TPSA) is 95.9 Å². The molecule has 0 aromatic heterocycles. The Kier molecular flexibility index (Phi) is 4.38. The number of hydrogen-bond acceptors (Lipinski definition) is 5. The Morgan fingerprint density at radius 1 is 1.29 bits per heavy atom. The van der Waals surface area contributed by atoms with Crippen LogP contribution in [0.2, 0.25) is 0 Å². The summed E-state index contributed by atoms with van der Waals surface area (Å²) in [5.74, 6) is 0.544. The van der Waals surface area contributed by atoms with Gasteiger partial charge in [-0.25, -0.2) is 0 Å². The number of aliphatic hydroxyl groups is 3. The highest BCUT2D eigenvalue weighted by Gasteiger charge is 2.48. The summed E-state index contributed by atoms with van der Waals surface area (Å²) in [6.07, 6.45) is 2.66. The lowest BCUT2D eigenvalue weighted by atomic mass is 9.86. The van der Waals surface area contributed by atoms with Crippen molar-refractivity contribution in [2.75, 3.05) is 6.61 Å². The van der Waals surface area contributed by atoms with Gasteiger partial charge in [-0.2, -0.15) is 0 Å². The molecule has 5 nitrogen and oxygen atoms in total. The second-order valence-corrected chi connectivity index (χ2v) is 5.32. The van der Waals surface area contributed by atoms with Gasteiger partial charge in [0.2, 0.25) is 0 Å². The first-order chi connectivity index (χ1) is 8.11. The van der Waals surface area contributed by atoms with Gasteiger partial charge >= 0.3 is 0 Å². The highest BCUT2D eigenvalue weighted by molar-refractivity contribution is 4.97. The molecule has 0 bridgehead atoms. The SMILES string of the molecule is N[C@H](O)CC[C@@H]1[C@H]2CC(CCO)O[C@H]2C[C@H]1O. The third-order valence-electron chi connectivity index (χ3n) is 4.14. The maximum atomic E-state index is 9.97. The van der Waals surface area contributed by atoms with E-state index in [1.807, 2.05) is 0 Å². The second-order valence-electron chi connectivity index (χ2n) is 5.32. The highest BCUT2D eigenvalue weighted by Crippen LogP contribution is 2.45. The molecule has 1 saturated carbocycles. The maximum absolute atomic E-state index is 9.97. The summed E-state index contributed by atoms with van der Waals surface area (Å²) < 4.78 is 5.82. The number of rotatable bonds is 5. The zero-order valence-corrected chi connectivity index (χ0v) is 10.0. The van der Waals surface area contributed by atoms with Gasteiger partial charge in [0.25, 0.3) is 0 Å². The minimum atomic E-state index is -0.795. The molecule has 2 aliphatic rings. The molecule has 1 heterocycles. The molecule has 1 saturated heterocycles. The van der Waals surface area contributed by atoms with Gasteiger partial charge in [0, 0.05) is 13.0 Å². The lowest BCUT2D eigenvalue weighted by molar-refractivity contribution is 0.0163. The van der Waals surface area contributed by atoms with Gasteiger partial charge in [-0.1, -0.05) is 0 Å². The van der Waals surface area contributed by atoms with E-state index < -0.39 is 6.23 Å². The second kappa shape index (κ2) is 5.63. The Bertz CT molecular complexity index is 249. The van der Waals surface area contributed by atoms with Crippen molar-refractivity contribution in [1.29, 1.82) is 0 Å². The Labute approximate surface area is 102 Å². The molecule has 5 N–H and O–H groups in total. The van der Waals surface area contributed by atoms with Crippen molar-refractivity contribution in [2.45, 2.75) is 56.6 Å². The normalized spacial score (nSPS) is 42.7. The Balaban J connectivity index is 1.88. The van der Waals surface area contributed by atoms with E-state index in [-0.39, 0.29) is 30.8 Å². The monoisotopic (exact) mass is 245 g/mol. The minimum absolute atomic E-state index is 0.126. The fraction of sp³-hybridized carbons (Fsp3) is 1.00. The van der Waals surface area contributed by atoms with Crippen LogP contribution in [0.15, 0.2) is 0 Å². The van der Waals surface area contributed by atoms with Gasteiger partial charge in [0.1, 0.15) is 6.23 Å². The first-order valence-electron chi connectivity index (χ1n) is 6.50. The molecule has 0 aromatic rings. The molecule has 1 aliphatic heterocycles. The number of hydrogen-bond donors (Lipinski definition) is 4. The van der Waals surface area contributed by atoms with Gasteiger partial charge in [0.05, 0.1) is 18.3 Å². The largest absolute Gasteiger partial charge is 0.396 e. The lowest BCUT2D eigenvalue weighted by Gasteiger charge is -2.21. The van der Waals surface area contributed by atoms with Crippen LogP contribution < -0.4 is 5.73 Å². The molecule has 100 valence electrons. The smallest absolute Gasteiger partial charge is 0.102 e. The molecule has 5 heteroatoms. The van der Waals surface area contributed by atoms with Crippen molar-refractivity contribution in [1.82, 2.24) is 0 Å². The number of aliphatic hydroxyl groups excluding tert-OH is 3. The van der Waals surface area contributed by atoms with Crippen LogP contribution in [-0.4, -0.2) is 46.5 Å². The van der Waals surface area contributed by atoms with E-state index >= 15 is 0 Å². The molecule has 0 radical (unpaired) electrons. The number of fused-ring (bicyclic) bond motifs is 1. The van der Waals surface area contributed by atoms with Gasteiger partial charge in [-0.3, -0.25) is 0 Å². The molecule has 6 atom stereocenters. The van der Waals surface area contributed by atoms with E-state index in [0.29, 0.717) is 25.2 Å². The summed E-state index contributed by atoms with van der Waals surface area (Å²) in [7, 11) is 0. The predicted molar refractivity (Wildman–Crippen MR) is 62.0 cm³/mol. The molecule has 2 fully saturated rings. The molecule has 2 rings (SSSR count). The van der Waals surface area contributed by atoms with Crippen molar-refractivity contribution in [2.24, 2.45) is 17.6 Å². The highest BCUT2D eigenvalue weighted by atomic mass is 16.5. The molecule has 1 unspecified atom stereocenters. The van der Waals surface area contributed by atoms with E-state index in [1.54, 1.807) is 0 Å². The van der Waals surface area contributed by atoms with E-state index in [1.165, 1.54) is 0 Å². The van der Waals surface area contributed by atoms with Crippen molar-refractivity contribution in [3.63, 3.8) is 0 Å². The fourth-order valence-electron chi connectivity index (χ4n) is 3.34. The zero-order valence-electron chi connectivity index (χ0n) is 10.0. The van der Waals surface area contributed by atoms with E-state index in [2.05, 4.69) is 0 Å². The first-order valence-corrected chi connectivity index (χ1v) is 6.50. The average Bonchev–Trinajstić information content (AvgIpc) is 2.72. The third-order valence-corrected chi connectivity index (χ3v) is 4.14. The molecule has 0 amide bonds. The standard InChI is InChI=1S/C12H23NO4/c13-12(16)2-1-8-9-5-7(3-4-14)17-11(9)6-10(8)15/h7-12,14-16H,1-6,13H2/t7?,8-,9-,10-,11+,12-/m1/s1. The number of ether oxygens (including phenoxy) is 1. The molecule has 1 aliphatic carbocycles. The Hall–Kier alpha value is -0.200. The summed E-state index contributed by atoms with van der Waals surface area (Å²) in [4.78, 5) is 0. The van der Waals surface area contributed by atoms with Crippen LogP contribution in [-0.2, 0) is 4.74 Å². The van der Waals surface area contributed by atoms with Gasteiger partial charge in [-0.15, -0.1) is 0 Å². The molecule has 17 heavy (non-hydrogen) atoms. The lowest BCUT2D eigenvalue weighted by Crippen LogP contribution is -2.25. The van der Waals surface area contributed by atoms with Crippen LogP contribution in [0.5, 0.6) is 0 Å². The summed E-state index contributed by atoms with van der Waals surface area (Å²) in [6.45, 7) is 0.152. The van der Waals surface area contributed by atoms with Crippen molar-refractivity contribution in [3.05, 3.63) is 0 Å². The maximum Gasteiger partial charge on any atom is 0.102 e. The molecular formula is C12H23NO4. The Morgan fingerprint density at radius 2 is 2.06 bits per heavy atom. The van der Waals surface area contributed by atoms with E-state index in [4.69, 9.17) is 20.7 Å². The summed E-state index contributed by atoms with van der Waals surface area (Å²) in [5.41, 5.74) is 5.34. The summed E-state index contributed by atoms with van der Waals surface area (Å²) >= 11 is 0. The first kappa shape index (κ1) is 13.2. The summed E-state index contributed by atoms with van der Waals surface area (Å²) in [5, 5.41) is 28.0. The van der Waals surface area contributed by atoms with Crippen LogP contribution in [0.3, 0.4) is 0 Å². The minimum Gasteiger partial charge on any atom is -0.396 e. The van der Waals surface area contributed by atoms with E-state index in [0.717, 1.165) is 12.8 Å². The molecule has 0 aromatic carbocycles. The zero-order chi connectivity index (χ0) is 12.4. The van der Waals surface area contributed by atoms with Crippen molar-refractivity contribution in [3.8, 4) is 0 Å². The van der Waals surface area contributed by atoms with Gasteiger partial charge in [-0.05, 0) is 37.5 Å². The van der Waals surface area contributed by atoms with Crippen LogP contribution in [0.1, 0.15) is 32.1 Å². The summed E-state index contributed by atoms with van der Waals surface area (Å²) in [6, 6.07) is 0. The van der Waals surface area contributed by atoms with E-state index in [9.17, 15) is 5.11 Å². The van der Waals surface area contributed by atoms with Crippen LogP contribution in [0.4, 0.5) is 0 Å². The van der Waals surface area contributed by atoms with Crippen molar-refractivity contribution < 1.29 is 20.1 Å². The molecular weight excluding hydrogens is 222 g/mol. The predicted octanol–water partition coefficient (Wildman–Crippen LogP) is -0.419. The van der Waals surface area contributed by atoms with Gasteiger partial charge < -0.3 is 25.8 Å². The van der Waals surface area contributed by atoms with Crippen molar-refractivity contribution >= 4 is 0 Å². The Morgan fingerprint density at radius 3 is 2.71 bits per heavy atom. The fourth-order valence-corrected chi connectivity index (χ4v) is 3.34. The third kappa shape index (κ3) is 2.98. The molecule has 0 spiro atoms. The quantitative estimate of drug-likeness (QED) is 0.493.